The maximum Gasteiger partial charge on any atom is 0.0916 e. The summed E-state index contributed by atoms with van der Waals surface area (Å²) in [5, 5.41) is 14.7. The molecule has 0 aliphatic rings. The molecule has 25 heavy (non-hydrogen) atoms. The van der Waals surface area contributed by atoms with Crippen molar-refractivity contribution in [2.75, 3.05) is 0 Å². The molecule has 0 amide bonds. The molecule has 0 radical (unpaired) electrons. The van der Waals surface area contributed by atoms with E-state index in [0.29, 0.717) is 0 Å². The van der Waals surface area contributed by atoms with Crippen LogP contribution in [-0.2, 0) is 0 Å². The number of benzene rings is 2. The molecule has 2 aromatic carbocycles. The second kappa shape index (κ2) is 9.33. The molecule has 0 atom stereocenters. The van der Waals surface area contributed by atoms with Crippen LogP contribution in [0.25, 0.3) is 0 Å². The molecule has 0 saturated heterocycles. The lowest BCUT2D eigenvalue weighted by atomic mass is 10.0. The number of hydrogen-bond acceptors (Lipinski definition) is 4. The van der Waals surface area contributed by atoms with Gasteiger partial charge in [0, 0.05) is 32.3 Å². The Morgan fingerprint density at radius 1 is 0.800 bits per heavy atom. The molecule has 0 saturated carbocycles. The molecule has 5 heteroatoms. The predicted octanol–water partition coefficient (Wildman–Crippen LogP) is 6.97. The zero-order valence-electron chi connectivity index (χ0n) is 14.4. The zero-order valence-corrected chi connectivity index (χ0v) is 18.3. The molecule has 0 unspecified atom stereocenters. The summed E-state index contributed by atoms with van der Waals surface area (Å²) in [6.45, 7) is 8.11. The number of azo groups is 1. The first-order chi connectivity index (χ1) is 12.0. The summed E-state index contributed by atoms with van der Waals surface area (Å²) in [5.74, 6) is 6.09. The van der Waals surface area contributed by atoms with Crippen LogP contribution in [0.2, 0.25) is 0 Å². The third kappa shape index (κ3) is 5.28. The molecule has 2 rings (SSSR count). The maximum atomic E-state index is 4.51. The number of nitrogens with zero attached hydrogens (tertiary/aromatic N) is 2. The molecule has 0 spiro atoms. The van der Waals surface area contributed by atoms with E-state index in [-0.39, 0.29) is 0 Å². The fourth-order valence-electron chi connectivity index (χ4n) is 2.61. The lowest BCUT2D eigenvalue weighted by Gasteiger charge is -2.07. The van der Waals surface area contributed by atoms with Gasteiger partial charge in [0.05, 0.1) is 11.4 Å². The average Bonchev–Trinajstić information content (AvgIpc) is 2.54. The normalized spacial score (nSPS) is 10.2. The molecule has 0 N–H and O–H groups in total. The monoisotopic (exact) mass is 476 g/mol. The molecule has 2 aromatic rings. The summed E-state index contributed by atoms with van der Waals surface area (Å²) in [6, 6.07) is 8.11. The van der Waals surface area contributed by atoms with E-state index in [1.54, 1.807) is 0 Å². The lowest BCUT2D eigenvalue weighted by molar-refractivity contribution is 1.15. The van der Waals surface area contributed by atoms with Crippen LogP contribution in [0.15, 0.2) is 34.5 Å². The zero-order chi connectivity index (χ0) is 18.4. The number of halogens is 1. The Morgan fingerprint density at radius 2 is 1.20 bits per heavy atom. The maximum absolute atomic E-state index is 4.51. The van der Waals surface area contributed by atoms with Gasteiger partial charge >= 0.3 is 0 Å². The predicted molar refractivity (Wildman–Crippen MR) is 120 cm³/mol. The van der Waals surface area contributed by atoms with E-state index in [9.17, 15) is 0 Å². The van der Waals surface area contributed by atoms with Crippen molar-refractivity contribution >= 4 is 54.1 Å². The van der Waals surface area contributed by atoms with Crippen LogP contribution < -0.4 is 0 Å². The first-order valence-corrected chi connectivity index (χ1v) is 11.3. The Balaban J connectivity index is 2.41. The van der Waals surface area contributed by atoms with E-state index in [2.05, 4.69) is 66.4 Å². The van der Waals surface area contributed by atoms with Crippen LogP contribution in [0.3, 0.4) is 0 Å². The van der Waals surface area contributed by atoms with E-state index in [1.165, 1.54) is 8.93 Å². The minimum absolute atomic E-state index is 0.883. The van der Waals surface area contributed by atoms with Gasteiger partial charge in [-0.3, -0.25) is 0 Å². The van der Waals surface area contributed by atoms with Crippen LogP contribution in [0, 0.1) is 50.0 Å². The molecule has 126 valence electrons. The van der Waals surface area contributed by atoms with Crippen molar-refractivity contribution in [1.29, 1.82) is 0 Å². The molecule has 0 bridgehead atoms. The number of hydrogen-bond donors (Lipinski definition) is 1. The van der Waals surface area contributed by atoms with Gasteiger partial charge in [0.1, 0.15) is 0 Å². The van der Waals surface area contributed by atoms with Crippen molar-refractivity contribution in [2.24, 2.45) is 10.2 Å². The van der Waals surface area contributed by atoms with Crippen LogP contribution in [0.1, 0.15) is 33.4 Å². The van der Waals surface area contributed by atoms with Crippen LogP contribution in [-0.4, -0.2) is 0 Å². The van der Waals surface area contributed by atoms with Crippen LogP contribution in [0.4, 0.5) is 11.4 Å². The minimum Gasteiger partial charge on any atom is -0.150 e. The van der Waals surface area contributed by atoms with Crippen molar-refractivity contribution in [2.45, 2.75) is 27.7 Å². The first kappa shape index (κ1) is 19.9. The van der Waals surface area contributed by atoms with Gasteiger partial charge in [0.25, 0.3) is 0 Å². The Labute approximate surface area is 171 Å². The van der Waals surface area contributed by atoms with Crippen molar-refractivity contribution in [3.05, 3.63) is 57.6 Å². The number of rotatable bonds is 2. The summed E-state index contributed by atoms with van der Waals surface area (Å²) < 4.78 is 0. The largest absolute Gasteiger partial charge is 0.150 e. The number of aryl methyl sites for hydroxylation is 4. The van der Waals surface area contributed by atoms with Crippen molar-refractivity contribution < 1.29 is 0 Å². The van der Waals surface area contributed by atoms with Crippen molar-refractivity contribution in [3.63, 3.8) is 0 Å². The summed E-state index contributed by atoms with van der Waals surface area (Å²) in [4.78, 5) is 0. The molecule has 0 fully saturated rings. The third-order valence-electron chi connectivity index (χ3n) is 3.67. The third-order valence-corrected chi connectivity index (χ3v) is 4.62. The second-order valence-electron chi connectivity index (χ2n) is 5.66. The minimum atomic E-state index is 0.883. The highest BCUT2D eigenvalue weighted by molar-refractivity contribution is 14.2. The average molecular weight is 476 g/mol. The van der Waals surface area contributed by atoms with Crippen molar-refractivity contribution in [1.82, 2.24) is 0 Å². The molecule has 0 aliphatic heterocycles. The van der Waals surface area contributed by atoms with E-state index >= 15 is 0 Å². The molecule has 0 aromatic heterocycles. The lowest BCUT2D eigenvalue weighted by Crippen LogP contribution is -1.86. The topological polar surface area (TPSA) is 24.7 Å². The summed E-state index contributed by atoms with van der Waals surface area (Å²) in [7, 11) is 1.48. The molecule has 2 nitrogen and oxygen atoms in total. The summed E-state index contributed by atoms with van der Waals surface area (Å²) >= 11 is 6.12. The van der Waals surface area contributed by atoms with Gasteiger partial charge in [-0.2, -0.15) is 0 Å². The fourth-order valence-corrected chi connectivity index (χ4v) is 3.23. The van der Waals surface area contributed by atoms with Gasteiger partial charge < -0.3 is 0 Å². The highest BCUT2D eigenvalue weighted by atomic mass is 127. The second-order valence-corrected chi connectivity index (χ2v) is 7.56. The SMILES string of the molecule is Cc1cc(C#CS)cc(C)c1/N=N/c1c(C)cc(C#CSI)cc1C. The van der Waals surface area contributed by atoms with E-state index in [0.717, 1.165) is 44.8 Å². The van der Waals surface area contributed by atoms with Crippen LogP contribution in [0.5, 0.6) is 0 Å². The van der Waals surface area contributed by atoms with E-state index < -0.39 is 0 Å². The smallest absolute Gasteiger partial charge is 0.0916 e. The van der Waals surface area contributed by atoms with Gasteiger partial charge in [-0.05, 0) is 93.7 Å². The van der Waals surface area contributed by atoms with E-state index in [1.807, 2.05) is 52.0 Å². The van der Waals surface area contributed by atoms with Crippen molar-refractivity contribution in [3.8, 4) is 22.3 Å². The highest BCUT2D eigenvalue weighted by Gasteiger charge is 2.07. The van der Waals surface area contributed by atoms with Gasteiger partial charge in [0.2, 0.25) is 0 Å². The Morgan fingerprint density at radius 3 is 1.56 bits per heavy atom. The summed E-state index contributed by atoms with van der Waals surface area (Å²) in [6.07, 6.45) is 0. The van der Waals surface area contributed by atoms with E-state index in [4.69, 9.17) is 0 Å². The van der Waals surface area contributed by atoms with Gasteiger partial charge in [-0.15, -0.1) is 10.2 Å². The molecular formula is C20H17IN2S2. The number of thiol groups is 1. The van der Waals surface area contributed by atoms with Gasteiger partial charge in [0.15, 0.2) is 0 Å². The highest BCUT2D eigenvalue weighted by Crippen LogP contribution is 2.30. The van der Waals surface area contributed by atoms with Crippen LogP contribution >= 0.6 is 42.8 Å². The van der Waals surface area contributed by atoms with Gasteiger partial charge in [-0.25, -0.2) is 0 Å². The fraction of sp³-hybridized carbons (Fsp3) is 0.200. The van der Waals surface area contributed by atoms with Gasteiger partial charge in [-0.1, -0.05) is 24.5 Å². The molecule has 0 heterocycles. The summed E-state index contributed by atoms with van der Waals surface area (Å²) in [5.41, 5.74) is 7.95. The molecule has 0 aliphatic carbocycles. The Kier molecular flexibility index (Phi) is 7.43. The Bertz CT molecular complexity index is 911. The quantitative estimate of drug-likeness (QED) is 0.215. The first-order valence-electron chi connectivity index (χ1n) is 7.54. The standard InChI is InChI=1S/C20H17IN2S2/c1-13-9-17(5-7-24)10-14(2)19(13)22-23-20-15(3)11-18(6-8-25-21)12-16(20)4/h9-12,24H,1-4H3/b23-22+. The molecular weight excluding hydrogens is 459 g/mol. The Hall–Kier alpha value is -1.41.